The predicted octanol–water partition coefficient (Wildman–Crippen LogP) is 4.63. The minimum atomic E-state index is -0.738. The summed E-state index contributed by atoms with van der Waals surface area (Å²) >= 11 is 0. The van der Waals surface area contributed by atoms with E-state index in [0.29, 0.717) is 23.6 Å². The van der Waals surface area contributed by atoms with Crippen molar-refractivity contribution in [3.63, 3.8) is 0 Å². The first-order valence-electron chi connectivity index (χ1n) is 12.5. The number of nitrogens with zero attached hydrogens (tertiary/aromatic N) is 2. The summed E-state index contributed by atoms with van der Waals surface area (Å²) in [5, 5.41) is 4.19. The molecule has 0 unspecified atom stereocenters. The molecule has 0 aliphatic carbocycles. The normalized spacial score (nSPS) is 12.9. The summed E-state index contributed by atoms with van der Waals surface area (Å²) in [6, 6.07) is 22.5. The van der Waals surface area contributed by atoms with E-state index in [1.807, 2.05) is 66.1 Å². The van der Waals surface area contributed by atoms with Gasteiger partial charge in [-0.2, -0.15) is 0 Å². The van der Waals surface area contributed by atoms with Crippen LogP contribution in [0, 0.1) is 6.92 Å². The van der Waals surface area contributed by atoms with Crippen molar-refractivity contribution in [2.24, 2.45) is 0 Å². The number of amides is 2. The van der Waals surface area contributed by atoms with Crippen molar-refractivity contribution < 1.29 is 19.1 Å². The molecular formula is C30H31N3O4. The van der Waals surface area contributed by atoms with E-state index in [4.69, 9.17) is 9.47 Å². The van der Waals surface area contributed by atoms with Gasteiger partial charge in [0.15, 0.2) is 11.5 Å². The van der Waals surface area contributed by atoms with Gasteiger partial charge < -0.3 is 24.3 Å². The van der Waals surface area contributed by atoms with E-state index in [1.54, 1.807) is 24.1 Å². The summed E-state index contributed by atoms with van der Waals surface area (Å²) in [6.45, 7) is 4.47. The van der Waals surface area contributed by atoms with Crippen LogP contribution >= 0.6 is 0 Å². The molecule has 4 aromatic rings. The van der Waals surface area contributed by atoms with Crippen molar-refractivity contribution in [1.29, 1.82) is 0 Å². The zero-order chi connectivity index (χ0) is 25.9. The fraction of sp³-hybridized carbons (Fsp3) is 0.267. The summed E-state index contributed by atoms with van der Waals surface area (Å²) in [4.78, 5) is 28.6. The Morgan fingerprint density at radius 3 is 2.51 bits per heavy atom. The lowest BCUT2D eigenvalue weighted by Gasteiger charge is -2.25. The van der Waals surface area contributed by atoms with E-state index in [2.05, 4.69) is 18.3 Å². The van der Waals surface area contributed by atoms with Crippen LogP contribution in [0.1, 0.15) is 23.7 Å². The maximum absolute atomic E-state index is 13.7. The van der Waals surface area contributed by atoms with Crippen molar-refractivity contribution in [2.75, 3.05) is 18.7 Å². The topological polar surface area (TPSA) is 72.8 Å². The second-order valence-electron chi connectivity index (χ2n) is 9.27. The molecule has 37 heavy (non-hydrogen) atoms. The molecule has 7 nitrogen and oxygen atoms in total. The number of aryl methyl sites for hydroxylation is 1. The molecule has 3 aromatic carbocycles. The summed E-state index contributed by atoms with van der Waals surface area (Å²) in [7, 11) is 1.71. The Labute approximate surface area is 216 Å². The first kappa shape index (κ1) is 24.4. The number of para-hydroxylation sites is 1. The molecule has 5 rings (SSSR count). The molecule has 0 saturated carbocycles. The zero-order valence-corrected chi connectivity index (χ0v) is 21.4. The van der Waals surface area contributed by atoms with Crippen molar-refractivity contribution in [3.8, 4) is 11.5 Å². The standard InChI is InChI=1S/C30H31N3O4/c1-4-23-20(2)33(26-13-9-8-12-24(23)26)18-29(34)31-25(16-21-10-6-5-7-11-21)30(35)32(3)22-14-15-27-28(17-22)37-19-36-27/h5-15,17,25H,4,16,18-19H2,1-3H3,(H,31,34)/t25-/m0/s1. The lowest BCUT2D eigenvalue weighted by molar-refractivity contribution is -0.127. The van der Waals surface area contributed by atoms with Gasteiger partial charge in [0.2, 0.25) is 18.6 Å². The maximum atomic E-state index is 13.7. The van der Waals surface area contributed by atoms with Crippen LogP contribution in [-0.4, -0.2) is 36.3 Å². The highest BCUT2D eigenvalue weighted by Gasteiger charge is 2.27. The number of rotatable bonds is 8. The minimum Gasteiger partial charge on any atom is -0.454 e. The average molecular weight is 498 g/mol. The molecular weight excluding hydrogens is 466 g/mol. The molecule has 0 spiro atoms. The summed E-state index contributed by atoms with van der Waals surface area (Å²) in [5.74, 6) is 0.835. The van der Waals surface area contributed by atoms with Gasteiger partial charge in [0.05, 0.1) is 0 Å². The van der Waals surface area contributed by atoms with E-state index < -0.39 is 6.04 Å². The third kappa shape index (κ3) is 4.89. The molecule has 2 heterocycles. The highest BCUT2D eigenvalue weighted by molar-refractivity contribution is 5.99. The third-order valence-corrected chi connectivity index (χ3v) is 7.01. The minimum absolute atomic E-state index is 0.138. The SMILES string of the molecule is CCc1c(C)n(CC(=O)N[C@@H](Cc2ccccc2)C(=O)N(C)c2ccc3c(c2)OCO3)c2ccccc12. The molecule has 0 bridgehead atoms. The van der Waals surface area contributed by atoms with Gasteiger partial charge in [0, 0.05) is 41.8 Å². The van der Waals surface area contributed by atoms with E-state index >= 15 is 0 Å². The molecule has 1 aliphatic heterocycles. The molecule has 1 N–H and O–H groups in total. The number of hydrogen-bond donors (Lipinski definition) is 1. The second-order valence-corrected chi connectivity index (χ2v) is 9.27. The third-order valence-electron chi connectivity index (χ3n) is 7.01. The smallest absolute Gasteiger partial charge is 0.249 e. The summed E-state index contributed by atoms with van der Waals surface area (Å²) in [5.41, 5.74) is 4.97. The Balaban J connectivity index is 1.40. The van der Waals surface area contributed by atoms with Crippen LogP contribution in [0.15, 0.2) is 72.8 Å². The highest BCUT2D eigenvalue weighted by Crippen LogP contribution is 2.35. The van der Waals surface area contributed by atoms with Crippen LogP contribution in [0.25, 0.3) is 10.9 Å². The van der Waals surface area contributed by atoms with E-state index in [1.165, 1.54) is 5.56 Å². The fourth-order valence-electron chi connectivity index (χ4n) is 5.04. The Morgan fingerprint density at radius 1 is 1.00 bits per heavy atom. The van der Waals surface area contributed by atoms with Crippen LogP contribution in [0.4, 0.5) is 5.69 Å². The number of fused-ring (bicyclic) bond motifs is 2. The Bertz CT molecular complexity index is 1440. The number of benzene rings is 3. The molecule has 1 aliphatic rings. The summed E-state index contributed by atoms with van der Waals surface area (Å²) < 4.78 is 12.9. The molecule has 0 radical (unpaired) electrons. The van der Waals surface area contributed by atoms with Crippen molar-refractivity contribution in [3.05, 3.63) is 89.6 Å². The monoisotopic (exact) mass is 497 g/mol. The Hall–Kier alpha value is -4.26. The van der Waals surface area contributed by atoms with Gasteiger partial charge in [-0.3, -0.25) is 9.59 Å². The number of carbonyl (C=O) groups excluding carboxylic acids is 2. The highest BCUT2D eigenvalue weighted by atomic mass is 16.7. The molecule has 0 saturated heterocycles. The number of likely N-dealkylation sites (N-methyl/N-ethyl adjacent to an activating group) is 1. The number of hydrogen-bond acceptors (Lipinski definition) is 4. The van der Waals surface area contributed by atoms with Crippen molar-refractivity contribution in [2.45, 2.75) is 39.3 Å². The van der Waals surface area contributed by atoms with Gasteiger partial charge in [0.25, 0.3) is 0 Å². The number of ether oxygens (including phenoxy) is 2. The fourth-order valence-corrected chi connectivity index (χ4v) is 5.04. The number of anilines is 1. The molecule has 7 heteroatoms. The molecule has 0 fully saturated rings. The quantitative estimate of drug-likeness (QED) is 0.385. The van der Waals surface area contributed by atoms with Crippen molar-refractivity contribution in [1.82, 2.24) is 9.88 Å². The van der Waals surface area contributed by atoms with Crippen LogP contribution in [0.5, 0.6) is 11.5 Å². The average Bonchev–Trinajstić information content (AvgIpc) is 3.49. The maximum Gasteiger partial charge on any atom is 0.249 e. The van der Waals surface area contributed by atoms with Gasteiger partial charge >= 0.3 is 0 Å². The number of carbonyl (C=O) groups is 2. The van der Waals surface area contributed by atoms with Crippen molar-refractivity contribution >= 4 is 28.4 Å². The Kier molecular flexibility index (Phi) is 6.86. The molecule has 1 aromatic heterocycles. The van der Waals surface area contributed by atoms with E-state index in [0.717, 1.165) is 28.6 Å². The van der Waals surface area contributed by atoms with Gasteiger partial charge in [-0.05, 0) is 42.7 Å². The van der Waals surface area contributed by atoms with Crippen LogP contribution in [-0.2, 0) is 29.0 Å². The van der Waals surface area contributed by atoms with Gasteiger partial charge in [0.1, 0.15) is 12.6 Å². The van der Waals surface area contributed by atoms with Gasteiger partial charge in [-0.1, -0.05) is 55.5 Å². The number of nitrogens with one attached hydrogen (secondary N) is 1. The zero-order valence-electron chi connectivity index (χ0n) is 21.4. The van der Waals surface area contributed by atoms with Crippen LogP contribution in [0.3, 0.4) is 0 Å². The predicted molar refractivity (Wildman–Crippen MR) is 144 cm³/mol. The first-order chi connectivity index (χ1) is 18.0. The van der Waals surface area contributed by atoms with Crippen LogP contribution in [0.2, 0.25) is 0 Å². The van der Waals surface area contributed by atoms with E-state index in [9.17, 15) is 9.59 Å². The summed E-state index contributed by atoms with van der Waals surface area (Å²) in [6.07, 6.45) is 1.27. The van der Waals surface area contributed by atoms with Crippen LogP contribution < -0.4 is 19.7 Å². The lowest BCUT2D eigenvalue weighted by Crippen LogP contribution is -2.49. The molecule has 190 valence electrons. The Morgan fingerprint density at radius 2 is 1.73 bits per heavy atom. The molecule has 1 atom stereocenters. The van der Waals surface area contributed by atoms with Gasteiger partial charge in [-0.15, -0.1) is 0 Å². The lowest BCUT2D eigenvalue weighted by atomic mass is 10.0. The second kappa shape index (κ2) is 10.4. The largest absolute Gasteiger partial charge is 0.454 e. The number of aromatic nitrogens is 1. The first-order valence-corrected chi connectivity index (χ1v) is 12.5. The molecule has 2 amide bonds. The van der Waals surface area contributed by atoms with Gasteiger partial charge in [-0.25, -0.2) is 0 Å². The van der Waals surface area contributed by atoms with E-state index in [-0.39, 0.29) is 25.2 Å².